The maximum atomic E-state index is 8.15. The first kappa shape index (κ1) is 5.09. The summed E-state index contributed by atoms with van der Waals surface area (Å²) in [6, 6.07) is 0.649. The number of azide groups is 1. The van der Waals surface area contributed by atoms with Crippen molar-refractivity contribution in [2.45, 2.75) is 24.4 Å². The molecule has 3 rings (SSSR count). The summed E-state index contributed by atoms with van der Waals surface area (Å²) in [4.78, 5) is 2.81. The van der Waals surface area contributed by atoms with Gasteiger partial charge in [-0.3, -0.25) is 0 Å². The van der Waals surface area contributed by atoms with Crippen LogP contribution in [0.25, 0.3) is 10.4 Å². The van der Waals surface area contributed by atoms with Crippen LogP contribution >= 0.6 is 0 Å². The molecule has 3 aliphatic rings. The monoisotopic (exact) mass is 124 g/mol. The van der Waals surface area contributed by atoms with E-state index in [0.29, 0.717) is 6.04 Å². The molecule has 0 spiro atoms. The zero-order valence-corrected chi connectivity index (χ0v) is 5.04. The lowest BCUT2D eigenvalue weighted by Crippen LogP contribution is -2.37. The highest BCUT2D eigenvalue weighted by Crippen LogP contribution is 2.41. The van der Waals surface area contributed by atoms with E-state index in [2.05, 4.69) is 15.3 Å². The summed E-state index contributed by atoms with van der Waals surface area (Å²) in [6.45, 7) is 0.891. The van der Waals surface area contributed by atoms with Gasteiger partial charge in [0.05, 0.1) is 5.54 Å². The van der Waals surface area contributed by atoms with E-state index in [0.717, 1.165) is 19.4 Å². The van der Waals surface area contributed by atoms with Gasteiger partial charge in [0, 0.05) is 17.5 Å². The van der Waals surface area contributed by atoms with Crippen LogP contribution in [-0.2, 0) is 0 Å². The Bertz CT molecular complexity index is 170. The molecule has 0 atom stereocenters. The van der Waals surface area contributed by atoms with Crippen molar-refractivity contribution in [3.05, 3.63) is 10.4 Å². The van der Waals surface area contributed by atoms with E-state index in [-0.39, 0.29) is 5.54 Å². The lowest BCUT2D eigenvalue weighted by Gasteiger charge is -2.31. The second-order valence-electron chi connectivity index (χ2n) is 2.90. The summed E-state index contributed by atoms with van der Waals surface area (Å²) in [5.41, 5.74) is 8.13. The normalized spacial score (nSPS) is 45.6. The van der Waals surface area contributed by atoms with Gasteiger partial charge < -0.3 is 5.32 Å². The molecule has 2 heterocycles. The molecule has 1 aliphatic carbocycles. The lowest BCUT2D eigenvalue weighted by atomic mass is 9.79. The highest BCUT2D eigenvalue weighted by atomic mass is 15.2. The maximum Gasteiger partial charge on any atom is 0.0642 e. The van der Waals surface area contributed by atoms with E-state index in [9.17, 15) is 0 Å². The van der Waals surface area contributed by atoms with E-state index in [1.807, 2.05) is 0 Å². The quantitative estimate of drug-likeness (QED) is 0.313. The van der Waals surface area contributed by atoms with Crippen LogP contribution in [0.4, 0.5) is 0 Å². The molecule has 2 aliphatic heterocycles. The Labute approximate surface area is 52.9 Å². The Kier molecular flexibility index (Phi) is 0.793. The summed E-state index contributed by atoms with van der Waals surface area (Å²) in [7, 11) is 0. The number of fused-ring (bicyclic) bond motifs is 1. The second-order valence-corrected chi connectivity index (χ2v) is 2.90. The van der Waals surface area contributed by atoms with Crippen molar-refractivity contribution in [2.75, 3.05) is 6.54 Å². The fourth-order valence-electron chi connectivity index (χ4n) is 1.69. The SMILES string of the molecule is [N-]=[N+]=NC12CNC(C1)C2. The van der Waals surface area contributed by atoms with Crippen LogP contribution in [-0.4, -0.2) is 18.1 Å². The van der Waals surface area contributed by atoms with Crippen molar-refractivity contribution < 1.29 is 0 Å². The second kappa shape index (κ2) is 1.40. The Hall–Kier alpha value is -0.730. The van der Waals surface area contributed by atoms with Crippen molar-refractivity contribution in [1.29, 1.82) is 0 Å². The Morgan fingerprint density at radius 1 is 1.67 bits per heavy atom. The first-order chi connectivity index (χ1) is 4.35. The van der Waals surface area contributed by atoms with Crippen molar-refractivity contribution in [2.24, 2.45) is 5.11 Å². The van der Waals surface area contributed by atoms with Gasteiger partial charge >= 0.3 is 0 Å². The minimum Gasteiger partial charge on any atom is -0.313 e. The number of nitrogens with one attached hydrogen (secondary N) is 1. The molecule has 0 amide bonds. The molecule has 0 aromatic carbocycles. The summed E-state index contributed by atoms with van der Waals surface area (Å²) in [6.07, 6.45) is 2.11. The largest absolute Gasteiger partial charge is 0.313 e. The van der Waals surface area contributed by atoms with Gasteiger partial charge in [-0.05, 0) is 18.4 Å². The average molecular weight is 124 g/mol. The molecule has 0 unspecified atom stereocenters. The van der Waals surface area contributed by atoms with E-state index in [4.69, 9.17) is 5.53 Å². The Morgan fingerprint density at radius 2 is 2.44 bits per heavy atom. The van der Waals surface area contributed by atoms with Gasteiger partial charge in [-0.25, -0.2) is 0 Å². The molecular weight excluding hydrogens is 116 g/mol. The van der Waals surface area contributed by atoms with Crippen molar-refractivity contribution in [3.63, 3.8) is 0 Å². The van der Waals surface area contributed by atoms with Crippen LogP contribution in [0, 0.1) is 0 Å². The summed E-state index contributed by atoms with van der Waals surface area (Å²) in [5, 5.41) is 6.99. The molecule has 0 aromatic heterocycles. The molecule has 9 heavy (non-hydrogen) atoms. The fraction of sp³-hybridized carbons (Fsp3) is 1.00. The first-order valence-corrected chi connectivity index (χ1v) is 3.14. The smallest absolute Gasteiger partial charge is 0.0642 e. The van der Waals surface area contributed by atoms with Crippen LogP contribution in [0.5, 0.6) is 0 Å². The van der Waals surface area contributed by atoms with E-state index >= 15 is 0 Å². The van der Waals surface area contributed by atoms with Crippen LogP contribution in [0.15, 0.2) is 5.11 Å². The van der Waals surface area contributed by atoms with Gasteiger partial charge in [0.15, 0.2) is 0 Å². The molecule has 4 nitrogen and oxygen atoms in total. The number of nitrogens with zero attached hydrogens (tertiary/aromatic N) is 3. The molecule has 0 aromatic rings. The van der Waals surface area contributed by atoms with Gasteiger partial charge in [0.1, 0.15) is 0 Å². The predicted octanol–water partition coefficient (Wildman–Crippen LogP) is 0.801. The van der Waals surface area contributed by atoms with Gasteiger partial charge in [-0.15, -0.1) is 0 Å². The highest BCUT2D eigenvalue weighted by molar-refractivity contribution is 5.12. The fourth-order valence-corrected chi connectivity index (χ4v) is 1.69. The third-order valence-electron chi connectivity index (χ3n) is 2.23. The van der Waals surface area contributed by atoms with Gasteiger partial charge in [-0.2, -0.15) is 0 Å². The molecular formula is C5H8N4. The predicted molar refractivity (Wildman–Crippen MR) is 32.9 cm³/mol. The highest BCUT2D eigenvalue weighted by Gasteiger charge is 2.49. The zero-order chi connectivity index (χ0) is 6.32. The number of hydrogen-bond acceptors (Lipinski definition) is 2. The topological polar surface area (TPSA) is 60.8 Å². The van der Waals surface area contributed by atoms with E-state index < -0.39 is 0 Å². The minimum absolute atomic E-state index is 0.0145. The standard InChI is InChI=1S/C5H8N4/c6-9-8-5-1-4(2-5)7-3-5/h4,7H,1-3H2. The summed E-state index contributed by atoms with van der Waals surface area (Å²) >= 11 is 0. The van der Waals surface area contributed by atoms with Crippen LogP contribution < -0.4 is 5.32 Å². The van der Waals surface area contributed by atoms with E-state index in [1.54, 1.807) is 0 Å². The zero-order valence-electron chi connectivity index (χ0n) is 5.04. The molecule has 2 bridgehead atoms. The van der Waals surface area contributed by atoms with Gasteiger partial charge in [-0.1, -0.05) is 5.11 Å². The third kappa shape index (κ3) is 0.544. The summed E-state index contributed by atoms with van der Waals surface area (Å²) in [5.74, 6) is 0. The first-order valence-electron chi connectivity index (χ1n) is 3.14. The Balaban J connectivity index is 2.18. The van der Waals surface area contributed by atoms with Gasteiger partial charge in [0.25, 0.3) is 0 Å². The molecule has 1 N–H and O–H groups in total. The number of rotatable bonds is 1. The molecule has 0 radical (unpaired) electrons. The molecule has 4 heteroatoms. The van der Waals surface area contributed by atoms with Crippen molar-refractivity contribution in [1.82, 2.24) is 5.32 Å². The molecule has 48 valence electrons. The van der Waals surface area contributed by atoms with Crippen LogP contribution in [0.3, 0.4) is 0 Å². The van der Waals surface area contributed by atoms with E-state index in [1.165, 1.54) is 0 Å². The summed E-state index contributed by atoms with van der Waals surface area (Å²) < 4.78 is 0. The molecule has 2 saturated heterocycles. The van der Waals surface area contributed by atoms with Gasteiger partial charge in [0.2, 0.25) is 0 Å². The third-order valence-corrected chi connectivity index (χ3v) is 2.23. The number of hydrogen-bond donors (Lipinski definition) is 1. The van der Waals surface area contributed by atoms with Crippen molar-refractivity contribution >= 4 is 0 Å². The average Bonchev–Trinajstić information content (AvgIpc) is 2.22. The van der Waals surface area contributed by atoms with Crippen molar-refractivity contribution in [3.8, 4) is 0 Å². The van der Waals surface area contributed by atoms with Crippen LogP contribution in [0.1, 0.15) is 12.8 Å². The molecule has 3 fully saturated rings. The minimum atomic E-state index is -0.0145. The maximum absolute atomic E-state index is 8.15. The lowest BCUT2D eigenvalue weighted by molar-refractivity contribution is 0.307. The van der Waals surface area contributed by atoms with Crippen LogP contribution in [0.2, 0.25) is 0 Å². The Morgan fingerprint density at radius 3 is 2.89 bits per heavy atom. The molecule has 1 saturated carbocycles.